The molecule has 1 aliphatic carbocycles. The Morgan fingerprint density at radius 1 is 1.35 bits per heavy atom. The number of rotatable bonds is 6. The first kappa shape index (κ1) is 13.4. The molecule has 0 bridgehead atoms. The highest BCUT2D eigenvalue weighted by Gasteiger charge is 2.20. The van der Waals surface area contributed by atoms with E-state index in [0.29, 0.717) is 0 Å². The highest BCUT2D eigenvalue weighted by molar-refractivity contribution is 6.07. The molecule has 0 fully saturated rings. The molecule has 0 radical (unpaired) electrons. The maximum absolute atomic E-state index is 11.6. The Morgan fingerprint density at radius 3 is 2.88 bits per heavy atom. The van der Waals surface area contributed by atoms with E-state index in [1.165, 1.54) is 0 Å². The van der Waals surface area contributed by atoms with Crippen molar-refractivity contribution in [2.75, 3.05) is 0 Å². The quantitative estimate of drug-likeness (QED) is 0.493. The fraction of sp³-hybridized carbons (Fsp3) is 0.312. The Balaban J connectivity index is 2.54. The Morgan fingerprint density at radius 2 is 2.18 bits per heavy atom. The summed E-state index contributed by atoms with van der Waals surface area (Å²) in [6.45, 7) is 5.83. The number of hydrogen-bond donors (Lipinski definition) is 0. The normalized spacial score (nSPS) is 22.3. The summed E-state index contributed by atoms with van der Waals surface area (Å²) in [6, 6.07) is 0. The first-order valence-electron chi connectivity index (χ1n) is 6.14. The van der Waals surface area contributed by atoms with Crippen LogP contribution in [0.5, 0.6) is 0 Å². The molecule has 0 aromatic rings. The van der Waals surface area contributed by atoms with Crippen LogP contribution < -0.4 is 0 Å². The second kappa shape index (κ2) is 7.61. The van der Waals surface area contributed by atoms with Crippen LogP contribution in [0.1, 0.15) is 26.2 Å². The lowest BCUT2D eigenvalue weighted by atomic mass is 9.98. The minimum Gasteiger partial charge on any atom is -0.290 e. The SMILES string of the molecule is C=CCC1C=CC(=O)/C1=C/C=C/C/C=C\CC. The molecule has 0 amide bonds. The molecule has 0 saturated heterocycles. The fourth-order valence-electron chi connectivity index (χ4n) is 1.77. The third kappa shape index (κ3) is 4.39. The van der Waals surface area contributed by atoms with Crippen LogP contribution in [0.25, 0.3) is 0 Å². The number of carbonyl (C=O) groups excluding carboxylic acids is 1. The van der Waals surface area contributed by atoms with E-state index < -0.39 is 0 Å². The molecular formula is C16H20O. The molecule has 1 atom stereocenters. The van der Waals surface area contributed by atoms with Crippen molar-refractivity contribution >= 4 is 5.78 Å². The molecule has 1 unspecified atom stereocenters. The summed E-state index contributed by atoms with van der Waals surface area (Å²) in [5.74, 6) is 0.349. The Bertz CT molecular complexity index is 380. The maximum atomic E-state index is 11.6. The molecule has 0 aliphatic heterocycles. The predicted octanol–water partition coefficient (Wildman–Crippen LogP) is 4.16. The number of hydrogen-bond acceptors (Lipinski definition) is 1. The van der Waals surface area contributed by atoms with Crippen molar-refractivity contribution in [1.82, 2.24) is 0 Å². The molecule has 0 aromatic heterocycles. The number of ketones is 1. The Labute approximate surface area is 104 Å². The van der Waals surface area contributed by atoms with E-state index in [0.717, 1.165) is 24.8 Å². The molecule has 1 nitrogen and oxygen atoms in total. The summed E-state index contributed by atoms with van der Waals surface area (Å²) in [7, 11) is 0. The van der Waals surface area contributed by atoms with Gasteiger partial charge in [0.2, 0.25) is 0 Å². The highest BCUT2D eigenvalue weighted by Crippen LogP contribution is 2.24. The van der Waals surface area contributed by atoms with Crippen molar-refractivity contribution < 1.29 is 4.79 Å². The zero-order chi connectivity index (χ0) is 12.5. The smallest absolute Gasteiger partial charge is 0.182 e. The van der Waals surface area contributed by atoms with E-state index >= 15 is 0 Å². The van der Waals surface area contributed by atoms with Crippen LogP contribution >= 0.6 is 0 Å². The minimum atomic E-state index is 0.130. The minimum absolute atomic E-state index is 0.130. The first-order valence-corrected chi connectivity index (χ1v) is 6.14. The zero-order valence-corrected chi connectivity index (χ0v) is 10.4. The van der Waals surface area contributed by atoms with Crippen LogP contribution in [-0.2, 0) is 4.79 Å². The largest absolute Gasteiger partial charge is 0.290 e. The summed E-state index contributed by atoms with van der Waals surface area (Å²) in [5.41, 5.74) is 0.876. The van der Waals surface area contributed by atoms with Gasteiger partial charge in [-0.3, -0.25) is 4.79 Å². The zero-order valence-electron chi connectivity index (χ0n) is 10.4. The lowest BCUT2D eigenvalue weighted by molar-refractivity contribution is -0.111. The monoisotopic (exact) mass is 228 g/mol. The summed E-state index contributed by atoms with van der Waals surface area (Å²) >= 11 is 0. The summed E-state index contributed by atoms with van der Waals surface area (Å²) in [4.78, 5) is 11.6. The number of allylic oxidation sites excluding steroid dienone is 9. The molecule has 0 N–H and O–H groups in total. The van der Waals surface area contributed by atoms with Gasteiger partial charge in [0.15, 0.2) is 5.78 Å². The topological polar surface area (TPSA) is 17.1 Å². The van der Waals surface area contributed by atoms with Gasteiger partial charge in [0.1, 0.15) is 0 Å². The second-order valence-electron chi connectivity index (χ2n) is 4.02. The van der Waals surface area contributed by atoms with Gasteiger partial charge in [0.25, 0.3) is 0 Å². The van der Waals surface area contributed by atoms with Crippen LogP contribution in [0.3, 0.4) is 0 Å². The van der Waals surface area contributed by atoms with Crippen molar-refractivity contribution in [3.05, 3.63) is 60.8 Å². The van der Waals surface area contributed by atoms with Gasteiger partial charge in [0.05, 0.1) is 0 Å². The van der Waals surface area contributed by atoms with Crippen LogP contribution in [0.4, 0.5) is 0 Å². The van der Waals surface area contributed by atoms with Crippen molar-refractivity contribution in [2.24, 2.45) is 5.92 Å². The van der Waals surface area contributed by atoms with Gasteiger partial charge in [-0.15, -0.1) is 6.58 Å². The van der Waals surface area contributed by atoms with E-state index in [2.05, 4.69) is 31.7 Å². The van der Waals surface area contributed by atoms with Gasteiger partial charge in [-0.25, -0.2) is 0 Å². The predicted molar refractivity (Wildman–Crippen MR) is 73.7 cm³/mol. The van der Waals surface area contributed by atoms with Crippen molar-refractivity contribution in [3.63, 3.8) is 0 Å². The van der Waals surface area contributed by atoms with E-state index in [1.54, 1.807) is 6.08 Å². The van der Waals surface area contributed by atoms with E-state index in [4.69, 9.17) is 0 Å². The van der Waals surface area contributed by atoms with Gasteiger partial charge in [-0.2, -0.15) is 0 Å². The molecule has 17 heavy (non-hydrogen) atoms. The Kier molecular flexibility index (Phi) is 6.02. The summed E-state index contributed by atoms with van der Waals surface area (Å²) in [5, 5.41) is 0. The molecule has 90 valence electrons. The lowest BCUT2D eigenvalue weighted by Crippen LogP contribution is -2.01. The third-order valence-corrected chi connectivity index (χ3v) is 2.67. The molecule has 1 heteroatoms. The van der Waals surface area contributed by atoms with Gasteiger partial charge in [0, 0.05) is 11.5 Å². The van der Waals surface area contributed by atoms with Crippen LogP contribution in [0.15, 0.2) is 60.8 Å². The second-order valence-corrected chi connectivity index (χ2v) is 4.02. The highest BCUT2D eigenvalue weighted by atomic mass is 16.1. The van der Waals surface area contributed by atoms with Gasteiger partial charge in [-0.1, -0.05) is 49.5 Å². The van der Waals surface area contributed by atoms with Crippen LogP contribution in [-0.4, -0.2) is 5.78 Å². The van der Waals surface area contributed by atoms with Gasteiger partial charge < -0.3 is 0 Å². The van der Waals surface area contributed by atoms with E-state index in [-0.39, 0.29) is 11.7 Å². The molecule has 0 aromatic carbocycles. The van der Waals surface area contributed by atoms with Crippen molar-refractivity contribution in [1.29, 1.82) is 0 Å². The standard InChI is InChI=1S/C16H20O/c1-3-5-6-7-8-9-11-15-14(10-4-2)12-13-16(15)17/h4-6,8-9,11-14H,2-3,7,10H2,1H3/b6-5-,9-8+,15-11+. The average molecular weight is 228 g/mol. The molecule has 0 saturated carbocycles. The maximum Gasteiger partial charge on any atom is 0.182 e. The van der Waals surface area contributed by atoms with E-state index in [9.17, 15) is 4.79 Å². The summed E-state index contributed by atoms with van der Waals surface area (Å²) < 4.78 is 0. The van der Waals surface area contributed by atoms with Crippen molar-refractivity contribution in [2.45, 2.75) is 26.2 Å². The number of carbonyl (C=O) groups is 1. The third-order valence-electron chi connectivity index (χ3n) is 2.67. The Hall–Kier alpha value is -1.63. The molecule has 1 rings (SSSR count). The van der Waals surface area contributed by atoms with Gasteiger partial charge in [-0.05, 0) is 25.3 Å². The van der Waals surface area contributed by atoms with Crippen molar-refractivity contribution in [3.8, 4) is 0 Å². The first-order chi connectivity index (χ1) is 8.29. The van der Waals surface area contributed by atoms with Crippen LogP contribution in [0.2, 0.25) is 0 Å². The average Bonchev–Trinajstić information content (AvgIpc) is 2.66. The molecule has 0 spiro atoms. The lowest BCUT2D eigenvalue weighted by Gasteiger charge is -2.05. The van der Waals surface area contributed by atoms with Gasteiger partial charge >= 0.3 is 0 Å². The summed E-state index contributed by atoms with van der Waals surface area (Å²) in [6.07, 6.45) is 18.5. The molecule has 1 aliphatic rings. The van der Waals surface area contributed by atoms with Crippen LogP contribution in [0, 0.1) is 5.92 Å². The fourth-order valence-corrected chi connectivity index (χ4v) is 1.77. The molecular weight excluding hydrogens is 208 g/mol. The molecule has 0 heterocycles. The van der Waals surface area contributed by atoms with E-state index in [1.807, 2.05) is 24.3 Å².